The number of nitrogens with two attached hydrogens (primary N) is 1. The Morgan fingerprint density at radius 2 is 2.16 bits per heavy atom. The van der Waals surface area contributed by atoms with E-state index in [9.17, 15) is 9.18 Å². The van der Waals surface area contributed by atoms with Crippen molar-refractivity contribution in [3.05, 3.63) is 35.1 Å². The molecule has 0 bridgehead atoms. The summed E-state index contributed by atoms with van der Waals surface area (Å²) in [6.07, 6.45) is 5.13. The van der Waals surface area contributed by atoms with Gasteiger partial charge in [-0.05, 0) is 37.8 Å². The van der Waals surface area contributed by atoms with Gasteiger partial charge in [-0.25, -0.2) is 4.39 Å². The summed E-state index contributed by atoms with van der Waals surface area (Å²) in [6, 6.07) is 4.81. The van der Waals surface area contributed by atoms with Crippen LogP contribution >= 0.6 is 0 Å². The van der Waals surface area contributed by atoms with Crippen LogP contribution in [0, 0.1) is 11.7 Å². The van der Waals surface area contributed by atoms with Gasteiger partial charge in [0.2, 0.25) is 5.91 Å². The van der Waals surface area contributed by atoms with Crippen molar-refractivity contribution in [1.82, 2.24) is 5.32 Å². The second-order valence-electron chi connectivity index (χ2n) is 5.38. The van der Waals surface area contributed by atoms with Crippen molar-refractivity contribution < 1.29 is 9.18 Å². The van der Waals surface area contributed by atoms with Crippen LogP contribution < -0.4 is 11.1 Å². The lowest BCUT2D eigenvalue weighted by Crippen LogP contribution is -2.32. The van der Waals surface area contributed by atoms with Gasteiger partial charge in [-0.2, -0.15) is 0 Å². The number of primary amides is 1. The van der Waals surface area contributed by atoms with Crippen molar-refractivity contribution >= 4 is 5.91 Å². The van der Waals surface area contributed by atoms with Crippen LogP contribution in [0.25, 0.3) is 0 Å². The van der Waals surface area contributed by atoms with E-state index in [2.05, 4.69) is 12.2 Å². The number of amides is 1. The Kier molecular flexibility index (Phi) is 4.53. The molecule has 1 amide bonds. The molecular formula is C15H21FN2O. The van der Waals surface area contributed by atoms with Crippen molar-refractivity contribution in [3.63, 3.8) is 0 Å². The summed E-state index contributed by atoms with van der Waals surface area (Å²) < 4.78 is 13.8. The summed E-state index contributed by atoms with van der Waals surface area (Å²) in [5, 5.41) is 3.37. The van der Waals surface area contributed by atoms with Crippen molar-refractivity contribution in [2.24, 2.45) is 11.7 Å². The van der Waals surface area contributed by atoms with Crippen molar-refractivity contribution in [3.8, 4) is 0 Å². The van der Waals surface area contributed by atoms with E-state index in [-0.39, 0.29) is 11.4 Å². The second kappa shape index (κ2) is 6.15. The molecule has 0 aromatic heterocycles. The third kappa shape index (κ3) is 3.53. The number of carbonyl (C=O) groups excluding carboxylic acids is 1. The van der Waals surface area contributed by atoms with Gasteiger partial charge < -0.3 is 11.1 Å². The van der Waals surface area contributed by atoms with E-state index in [0.29, 0.717) is 24.1 Å². The summed E-state index contributed by atoms with van der Waals surface area (Å²) in [5.74, 6) is -0.270. The van der Waals surface area contributed by atoms with E-state index in [1.807, 2.05) is 0 Å². The normalized spacial score (nSPS) is 17.6. The third-order valence-corrected chi connectivity index (χ3v) is 4.06. The van der Waals surface area contributed by atoms with Crippen molar-refractivity contribution in [2.75, 3.05) is 0 Å². The monoisotopic (exact) mass is 264 g/mol. The van der Waals surface area contributed by atoms with Gasteiger partial charge in [0.1, 0.15) is 5.82 Å². The molecule has 1 aliphatic carbocycles. The summed E-state index contributed by atoms with van der Waals surface area (Å²) >= 11 is 0. The van der Waals surface area contributed by atoms with E-state index in [0.717, 1.165) is 0 Å². The molecule has 0 spiro atoms. The lowest BCUT2D eigenvalue weighted by atomic mass is 9.99. The summed E-state index contributed by atoms with van der Waals surface area (Å²) in [7, 11) is 0. The highest BCUT2D eigenvalue weighted by Crippen LogP contribution is 2.27. The number of hydrogen-bond donors (Lipinski definition) is 2. The molecule has 0 unspecified atom stereocenters. The minimum Gasteiger partial charge on any atom is -0.366 e. The zero-order valence-corrected chi connectivity index (χ0v) is 11.3. The van der Waals surface area contributed by atoms with Gasteiger partial charge in [-0.3, -0.25) is 4.79 Å². The fourth-order valence-corrected chi connectivity index (χ4v) is 2.74. The van der Waals surface area contributed by atoms with Gasteiger partial charge >= 0.3 is 0 Å². The standard InChI is InChI=1S/C15H21FN2O/c1-10(11-4-2-3-5-11)18-9-13-7-6-12(15(17)19)8-14(13)16/h6-8,10-11,18H,2-5,9H2,1H3,(H2,17,19)/t10-/m0/s1. The van der Waals surface area contributed by atoms with E-state index in [4.69, 9.17) is 5.73 Å². The Balaban J connectivity index is 1.93. The molecule has 3 nitrogen and oxygen atoms in total. The van der Waals surface area contributed by atoms with Gasteiger partial charge in [0.05, 0.1) is 0 Å². The Hall–Kier alpha value is -1.42. The van der Waals surface area contributed by atoms with Crippen LogP contribution in [0.4, 0.5) is 4.39 Å². The first-order chi connectivity index (χ1) is 9.08. The number of rotatable bonds is 5. The molecule has 1 aromatic carbocycles. The quantitative estimate of drug-likeness (QED) is 0.859. The Morgan fingerprint density at radius 3 is 2.74 bits per heavy atom. The van der Waals surface area contributed by atoms with E-state index in [1.165, 1.54) is 31.7 Å². The maximum atomic E-state index is 13.8. The summed E-state index contributed by atoms with van der Waals surface area (Å²) in [6.45, 7) is 2.65. The van der Waals surface area contributed by atoms with Crippen LogP contribution in [0.1, 0.15) is 48.5 Å². The molecule has 0 heterocycles. The average Bonchev–Trinajstić information content (AvgIpc) is 2.90. The first kappa shape index (κ1) is 14.0. The molecule has 1 aromatic rings. The van der Waals surface area contributed by atoms with E-state index < -0.39 is 5.91 Å². The smallest absolute Gasteiger partial charge is 0.248 e. The Bertz CT molecular complexity index is 455. The van der Waals surface area contributed by atoms with Gasteiger partial charge in [0.25, 0.3) is 0 Å². The molecule has 2 rings (SSSR count). The number of halogens is 1. The summed E-state index contributed by atoms with van der Waals surface area (Å²) in [4.78, 5) is 10.9. The SMILES string of the molecule is C[C@H](NCc1ccc(C(N)=O)cc1F)C1CCCC1. The van der Waals surface area contributed by atoms with Crippen molar-refractivity contribution in [1.29, 1.82) is 0 Å². The van der Waals surface area contributed by atoms with Crippen LogP contribution in [0.5, 0.6) is 0 Å². The molecule has 104 valence electrons. The minimum atomic E-state index is -0.599. The molecule has 0 aliphatic heterocycles. The minimum absolute atomic E-state index is 0.213. The lowest BCUT2D eigenvalue weighted by Gasteiger charge is -2.20. The highest BCUT2D eigenvalue weighted by atomic mass is 19.1. The molecule has 3 N–H and O–H groups in total. The lowest BCUT2D eigenvalue weighted by molar-refractivity contribution is 0.1000. The predicted molar refractivity (Wildman–Crippen MR) is 73.2 cm³/mol. The maximum Gasteiger partial charge on any atom is 0.248 e. The first-order valence-electron chi connectivity index (χ1n) is 6.89. The molecule has 0 saturated heterocycles. The molecular weight excluding hydrogens is 243 g/mol. The van der Waals surface area contributed by atoms with E-state index >= 15 is 0 Å². The molecule has 19 heavy (non-hydrogen) atoms. The van der Waals surface area contributed by atoms with Crippen molar-refractivity contribution in [2.45, 2.75) is 45.2 Å². The molecule has 1 fully saturated rings. The fourth-order valence-electron chi connectivity index (χ4n) is 2.74. The number of nitrogens with one attached hydrogen (secondary N) is 1. The molecule has 1 atom stereocenters. The number of benzene rings is 1. The molecule has 0 radical (unpaired) electrons. The van der Waals surface area contributed by atoms with Gasteiger partial charge in [0, 0.05) is 23.7 Å². The highest BCUT2D eigenvalue weighted by molar-refractivity contribution is 5.92. The van der Waals surface area contributed by atoms with Crippen LogP contribution in [0.15, 0.2) is 18.2 Å². The zero-order valence-electron chi connectivity index (χ0n) is 11.3. The predicted octanol–water partition coefficient (Wildman–Crippen LogP) is 2.59. The molecule has 1 aliphatic rings. The third-order valence-electron chi connectivity index (χ3n) is 4.06. The highest BCUT2D eigenvalue weighted by Gasteiger charge is 2.21. The zero-order chi connectivity index (χ0) is 13.8. The molecule has 1 saturated carbocycles. The van der Waals surface area contributed by atoms with Crippen LogP contribution in [0.3, 0.4) is 0 Å². The summed E-state index contributed by atoms with van der Waals surface area (Å²) in [5.41, 5.74) is 5.91. The van der Waals surface area contributed by atoms with Gasteiger partial charge in [-0.15, -0.1) is 0 Å². The second-order valence-corrected chi connectivity index (χ2v) is 5.38. The van der Waals surface area contributed by atoms with Gasteiger partial charge in [-0.1, -0.05) is 18.9 Å². The van der Waals surface area contributed by atoms with Crippen LogP contribution in [-0.2, 0) is 6.54 Å². The number of carbonyl (C=O) groups is 1. The Morgan fingerprint density at radius 1 is 1.47 bits per heavy atom. The molecule has 4 heteroatoms. The number of hydrogen-bond acceptors (Lipinski definition) is 2. The first-order valence-corrected chi connectivity index (χ1v) is 6.89. The largest absolute Gasteiger partial charge is 0.366 e. The van der Waals surface area contributed by atoms with Crippen LogP contribution in [-0.4, -0.2) is 11.9 Å². The van der Waals surface area contributed by atoms with E-state index in [1.54, 1.807) is 12.1 Å². The Labute approximate surface area is 113 Å². The topological polar surface area (TPSA) is 55.1 Å². The van der Waals surface area contributed by atoms with Gasteiger partial charge in [0.15, 0.2) is 0 Å². The fraction of sp³-hybridized carbons (Fsp3) is 0.533. The maximum absolute atomic E-state index is 13.8. The van der Waals surface area contributed by atoms with Crippen LogP contribution in [0.2, 0.25) is 0 Å². The average molecular weight is 264 g/mol.